The van der Waals surface area contributed by atoms with Crippen molar-refractivity contribution in [2.75, 3.05) is 19.5 Å². The van der Waals surface area contributed by atoms with Crippen molar-refractivity contribution in [2.45, 2.75) is 30.8 Å². The minimum atomic E-state index is 0.0103. The first-order valence-corrected chi connectivity index (χ1v) is 7.28. The predicted octanol–water partition coefficient (Wildman–Crippen LogP) is 1.95. The largest absolute Gasteiger partial charge is 0.383 e. The molecule has 19 heavy (non-hydrogen) atoms. The number of amides is 1. The van der Waals surface area contributed by atoms with Crippen LogP contribution in [0.2, 0.25) is 0 Å². The van der Waals surface area contributed by atoms with Crippen molar-refractivity contribution >= 4 is 17.7 Å². The van der Waals surface area contributed by atoms with Gasteiger partial charge in [0.15, 0.2) is 0 Å². The number of hydrogen-bond acceptors (Lipinski definition) is 4. The summed E-state index contributed by atoms with van der Waals surface area (Å²) in [5.74, 6) is 0.414. The van der Waals surface area contributed by atoms with Crippen LogP contribution in [0.5, 0.6) is 0 Å². The molecule has 1 amide bonds. The van der Waals surface area contributed by atoms with E-state index < -0.39 is 0 Å². The summed E-state index contributed by atoms with van der Waals surface area (Å²) in [7, 11) is 1.62. The molecule has 1 rings (SSSR count). The highest BCUT2D eigenvalue weighted by Crippen LogP contribution is 2.21. The van der Waals surface area contributed by atoms with E-state index in [9.17, 15) is 4.79 Å². The van der Waals surface area contributed by atoms with Gasteiger partial charge in [-0.2, -0.15) is 0 Å². The first-order valence-electron chi connectivity index (χ1n) is 6.29. The number of carbonyl (C=O) groups is 1. The van der Waals surface area contributed by atoms with Crippen molar-refractivity contribution in [3.8, 4) is 0 Å². The quantitative estimate of drug-likeness (QED) is 0.750. The summed E-state index contributed by atoms with van der Waals surface area (Å²) in [5.41, 5.74) is 6.92. The van der Waals surface area contributed by atoms with Gasteiger partial charge in [0.2, 0.25) is 5.91 Å². The number of nitrogens with two attached hydrogens (primary N) is 1. The molecule has 0 heterocycles. The van der Waals surface area contributed by atoms with Gasteiger partial charge in [0.05, 0.1) is 12.4 Å². The summed E-state index contributed by atoms with van der Waals surface area (Å²) in [5, 5.41) is 2.88. The maximum absolute atomic E-state index is 11.7. The molecule has 0 aliphatic rings. The minimum absolute atomic E-state index is 0.0103. The van der Waals surface area contributed by atoms with Gasteiger partial charge in [-0.15, -0.1) is 11.8 Å². The lowest BCUT2D eigenvalue weighted by molar-refractivity contribution is -0.119. The Kier molecular flexibility index (Phi) is 6.91. The number of thioether (sulfide) groups is 1. The van der Waals surface area contributed by atoms with E-state index >= 15 is 0 Å². The summed E-state index contributed by atoms with van der Waals surface area (Å²) in [6, 6.07) is 8.02. The molecule has 3 N–H and O–H groups in total. The fourth-order valence-corrected chi connectivity index (χ4v) is 2.42. The molecule has 5 heteroatoms. The van der Waals surface area contributed by atoms with E-state index in [1.165, 1.54) is 11.8 Å². The second-order valence-corrected chi connectivity index (χ2v) is 5.62. The third kappa shape index (κ3) is 6.09. The lowest BCUT2D eigenvalue weighted by atomic mass is 10.1. The van der Waals surface area contributed by atoms with E-state index in [4.69, 9.17) is 10.5 Å². The number of rotatable bonds is 7. The van der Waals surface area contributed by atoms with Crippen molar-refractivity contribution in [1.82, 2.24) is 5.32 Å². The molecule has 0 radical (unpaired) electrons. The van der Waals surface area contributed by atoms with Gasteiger partial charge in [-0.05, 0) is 31.5 Å². The average Bonchev–Trinajstić information content (AvgIpc) is 2.37. The molecule has 106 valence electrons. The van der Waals surface area contributed by atoms with Crippen molar-refractivity contribution in [3.05, 3.63) is 29.8 Å². The first kappa shape index (κ1) is 16.0. The first-order chi connectivity index (χ1) is 9.02. The molecule has 0 saturated carbocycles. The van der Waals surface area contributed by atoms with Crippen LogP contribution in [0.1, 0.15) is 25.5 Å². The lowest BCUT2D eigenvalue weighted by Crippen LogP contribution is -2.36. The molecule has 4 nitrogen and oxygen atoms in total. The Hall–Kier alpha value is -1.04. The van der Waals surface area contributed by atoms with Crippen molar-refractivity contribution in [2.24, 2.45) is 5.73 Å². The average molecular weight is 282 g/mol. The maximum Gasteiger partial charge on any atom is 0.230 e. The molecule has 1 aromatic carbocycles. The van der Waals surface area contributed by atoms with Gasteiger partial charge < -0.3 is 15.8 Å². The van der Waals surface area contributed by atoms with Crippen LogP contribution < -0.4 is 11.1 Å². The second kappa shape index (κ2) is 8.19. The van der Waals surface area contributed by atoms with Gasteiger partial charge >= 0.3 is 0 Å². The minimum Gasteiger partial charge on any atom is -0.383 e. The molecule has 0 aliphatic heterocycles. The van der Waals surface area contributed by atoms with Crippen molar-refractivity contribution in [1.29, 1.82) is 0 Å². The zero-order chi connectivity index (χ0) is 14.3. The monoisotopic (exact) mass is 282 g/mol. The third-order valence-electron chi connectivity index (χ3n) is 2.58. The third-order valence-corrected chi connectivity index (χ3v) is 3.57. The van der Waals surface area contributed by atoms with E-state index in [1.54, 1.807) is 7.11 Å². The number of methoxy groups -OCH3 is 1. The standard InChI is InChI=1S/C14H22N2O2S/c1-10(8-18-3)16-14(17)9-19-13-6-4-5-12(7-13)11(2)15/h4-7,10-11H,8-9,15H2,1-3H3,(H,16,17). The number of benzene rings is 1. The zero-order valence-corrected chi connectivity index (χ0v) is 12.5. The van der Waals surface area contributed by atoms with Crippen LogP contribution in [-0.4, -0.2) is 31.4 Å². The molecule has 1 aromatic rings. The molecule has 2 unspecified atom stereocenters. The van der Waals surface area contributed by atoms with Crippen LogP contribution in [0.15, 0.2) is 29.2 Å². The van der Waals surface area contributed by atoms with Crippen LogP contribution in [0.3, 0.4) is 0 Å². The van der Waals surface area contributed by atoms with Crippen LogP contribution in [0, 0.1) is 0 Å². The SMILES string of the molecule is COCC(C)NC(=O)CSc1cccc(C(C)N)c1. The van der Waals surface area contributed by atoms with E-state index in [2.05, 4.69) is 5.32 Å². The smallest absolute Gasteiger partial charge is 0.230 e. The van der Waals surface area contributed by atoms with Crippen LogP contribution >= 0.6 is 11.8 Å². The molecule has 0 fully saturated rings. The predicted molar refractivity (Wildman–Crippen MR) is 79.2 cm³/mol. The molecule has 0 saturated heterocycles. The van der Waals surface area contributed by atoms with Crippen LogP contribution in [0.25, 0.3) is 0 Å². The Labute approximate surface area is 119 Å². The van der Waals surface area contributed by atoms with Crippen LogP contribution in [-0.2, 0) is 9.53 Å². The summed E-state index contributed by atoms with van der Waals surface area (Å²) in [6.07, 6.45) is 0. The summed E-state index contributed by atoms with van der Waals surface area (Å²) < 4.78 is 4.97. The number of hydrogen-bond donors (Lipinski definition) is 2. The van der Waals surface area contributed by atoms with Gasteiger partial charge in [-0.25, -0.2) is 0 Å². The van der Waals surface area contributed by atoms with E-state index in [0.717, 1.165) is 10.5 Å². The van der Waals surface area contributed by atoms with Gasteiger partial charge in [-0.3, -0.25) is 4.79 Å². The Morgan fingerprint density at radius 2 is 2.21 bits per heavy atom. The van der Waals surface area contributed by atoms with E-state index in [-0.39, 0.29) is 18.0 Å². The van der Waals surface area contributed by atoms with Gasteiger partial charge in [-0.1, -0.05) is 12.1 Å². The van der Waals surface area contributed by atoms with Gasteiger partial charge in [0.1, 0.15) is 0 Å². The van der Waals surface area contributed by atoms with Gasteiger partial charge in [0.25, 0.3) is 0 Å². The van der Waals surface area contributed by atoms with E-state index in [0.29, 0.717) is 12.4 Å². The lowest BCUT2D eigenvalue weighted by Gasteiger charge is -2.12. The molecule has 0 aromatic heterocycles. The molecular weight excluding hydrogens is 260 g/mol. The number of carbonyl (C=O) groups excluding carboxylic acids is 1. The molecular formula is C14H22N2O2S. The highest BCUT2D eigenvalue weighted by molar-refractivity contribution is 8.00. The Balaban J connectivity index is 2.43. The number of nitrogens with one attached hydrogen (secondary N) is 1. The fraction of sp³-hybridized carbons (Fsp3) is 0.500. The van der Waals surface area contributed by atoms with Crippen LogP contribution in [0.4, 0.5) is 0 Å². The summed E-state index contributed by atoms with van der Waals surface area (Å²) >= 11 is 1.51. The van der Waals surface area contributed by atoms with Crippen molar-refractivity contribution in [3.63, 3.8) is 0 Å². The highest BCUT2D eigenvalue weighted by Gasteiger charge is 2.08. The highest BCUT2D eigenvalue weighted by atomic mass is 32.2. The second-order valence-electron chi connectivity index (χ2n) is 4.57. The summed E-state index contributed by atoms with van der Waals surface area (Å²) in [6.45, 7) is 4.39. The zero-order valence-electron chi connectivity index (χ0n) is 11.7. The normalized spacial score (nSPS) is 13.9. The molecule has 2 atom stereocenters. The molecule has 0 bridgehead atoms. The van der Waals surface area contributed by atoms with Crippen molar-refractivity contribution < 1.29 is 9.53 Å². The van der Waals surface area contributed by atoms with E-state index in [1.807, 2.05) is 38.1 Å². The summed E-state index contributed by atoms with van der Waals surface area (Å²) in [4.78, 5) is 12.8. The number of ether oxygens (including phenoxy) is 1. The fourth-order valence-electron chi connectivity index (χ4n) is 1.64. The molecule has 0 aliphatic carbocycles. The maximum atomic E-state index is 11.7. The van der Waals surface area contributed by atoms with Gasteiger partial charge in [0, 0.05) is 24.1 Å². The Bertz CT molecular complexity index is 410. The Morgan fingerprint density at radius 1 is 1.47 bits per heavy atom. The molecule has 0 spiro atoms. The topological polar surface area (TPSA) is 64.3 Å². The Morgan fingerprint density at radius 3 is 2.84 bits per heavy atom.